The molecule has 1 unspecified atom stereocenters. The summed E-state index contributed by atoms with van der Waals surface area (Å²) in [6, 6.07) is 0. The van der Waals surface area contributed by atoms with Crippen LogP contribution in [0.2, 0.25) is 0 Å². The van der Waals surface area contributed by atoms with E-state index in [0.29, 0.717) is 79.2 Å². The fourth-order valence-electron chi connectivity index (χ4n) is 10.6. The molecule has 0 aromatic rings. The highest BCUT2D eigenvalue weighted by atomic mass is 16.6. The maximum absolute atomic E-state index is 12.1. The summed E-state index contributed by atoms with van der Waals surface area (Å²) < 4.78 is 55.4. The number of carbonyl (C=O) groups excluding carboxylic acids is 2. The number of nitrogens with one attached hydrogen (secondary N) is 2. The lowest BCUT2D eigenvalue weighted by Gasteiger charge is -2.19. The van der Waals surface area contributed by atoms with Gasteiger partial charge in [0.15, 0.2) is 0 Å². The van der Waals surface area contributed by atoms with Crippen molar-refractivity contribution in [2.24, 2.45) is 0 Å². The first-order valence-electron chi connectivity index (χ1n) is 37.8. The molecule has 0 saturated carbocycles. The molecule has 0 aromatic carbocycles. The Morgan fingerprint density at radius 2 is 0.544 bits per heavy atom. The van der Waals surface area contributed by atoms with Crippen LogP contribution in [0.4, 0.5) is 9.59 Å². The third-order valence-corrected chi connectivity index (χ3v) is 16.3. The van der Waals surface area contributed by atoms with E-state index in [4.69, 9.17) is 47.4 Å². The summed E-state index contributed by atoms with van der Waals surface area (Å²) in [5.74, 6) is 0. The lowest BCUT2D eigenvalue weighted by molar-refractivity contribution is -0.0469. The van der Waals surface area contributed by atoms with Crippen LogP contribution in [0.5, 0.6) is 0 Å². The van der Waals surface area contributed by atoms with Gasteiger partial charge in [-0.25, -0.2) is 9.59 Å². The smallest absolute Gasteiger partial charge is 0.407 e. The number of alkyl carbamates (subject to hydrolysis) is 2. The summed E-state index contributed by atoms with van der Waals surface area (Å²) in [5, 5.41) is 5.56. The van der Waals surface area contributed by atoms with E-state index in [-0.39, 0.29) is 40.3 Å². The lowest BCUT2D eigenvalue weighted by Crippen LogP contribution is -2.37. The minimum absolute atomic E-state index is 0. The average molecular weight is 1290 g/mol. The summed E-state index contributed by atoms with van der Waals surface area (Å²) in [6.07, 6.45) is 62.5. The Balaban J connectivity index is -0.000000804. The molecule has 14 nitrogen and oxygen atoms in total. The highest BCUT2D eigenvalue weighted by Gasteiger charge is 2.15. The van der Waals surface area contributed by atoms with Gasteiger partial charge in [0.05, 0.1) is 59.0 Å². The first-order valence-corrected chi connectivity index (χ1v) is 37.8. The molecule has 0 fully saturated rings. The quantitative estimate of drug-likeness (QED) is 0.0558. The van der Waals surface area contributed by atoms with E-state index < -0.39 is 12.2 Å². The molecule has 0 rings (SSSR count). The van der Waals surface area contributed by atoms with E-state index in [1.807, 2.05) is 0 Å². The molecule has 2 amide bonds. The van der Waals surface area contributed by atoms with Crippen molar-refractivity contribution in [2.75, 3.05) is 120 Å². The standard InChI is InChI=1S/2C37H75NO6.2CH4/c1-4-6-8-10-12-14-16-18-20-22-24-26-29-42-34-36(35-44-37(39)38-28-31-41-33-32-40-3)43-30-27-25-23-21-19-17-15-13-11-9-7-5-2;1-4-6-8-10-12-14-16-18-20-22-24-26-28-42-35-36(34-38-37(39)44-33-32-41-31-30-40-3)43-29-27-25-23-21-19-17-15-13-11-9-7-5-2;;/h2*36H,4-35H2,1-3H3,(H,38,39);2*1H4/t36-;;;/m1.../s1. The molecule has 0 aliphatic carbocycles. The molecule has 0 aromatic heterocycles. The van der Waals surface area contributed by atoms with Crippen molar-refractivity contribution in [3.8, 4) is 0 Å². The molecule has 0 bridgehead atoms. The molecule has 2 atom stereocenters. The zero-order chi connectivity index (χ0) is 64.0. The number of rotatable bonds is 74. The Morgan fingerprint density at radius 3 is 0.889 bits per heavy atom. The van der Waals surface area contributed by atoms with Gasteiger partial charge in [-0.05, 0) is 25.7 Å². The molecule has 0 aliphatic rings. The number of hydrogen-bond acceptors (Lipinski definition) is 12. The summed E-state index contributed by atoms with van der Waals surface area (Å²) in [4.78, 5) is 24.2. The predicted octanol–water partition coefficient (Wildman–Crippen LogP) is 21.6. The van der Waals surface area contributed by atoms with E-state index in [0.717, 1.165) is 38.9 Å². The predicted molar refractivity (Wildman–Crippen MR) is 383 cm³/mol. The van der Waals surface area contributed by atoms with Gasteiger partial charge in [-0.2, -0.15) is 0 Å². The van der Waals surface area contributed by atoms with Crippen molar-refractivity contribution in [1.29, 1.82) is 0 Å². The summed E-state index contributed by atoms with van der Waals surface area (Å²) >= 11 is 0. The second-order valence-corrected chi connectivity index (χ2v) is 24.9. The van der Waals surface area contributed by atoms with Crippen LogP contribution in [0.3, 0.4) is 0 Å². The topological polar surface area (TPSA) is 150 Å². The fourth-order valence-corrected chi connectivity index (χ4v) is 10.6. The molecule has 0 aliphatic heterocycles. The normalized spacial score (nSPS) is 11.8. The van der Waals surface area contributed by atoms with Crippen LogP contribution in [0.15, 0.2) is 0 Å². The largest absolute Gasteiger partial charge is 0.447 e. The van der Waals surface area contributed by atoms with Crippen molar-refractivity contribution in [1.82, 2.24) is 10.6 Å². The summed E-state index contributed by atoms with van der Waals surface area (Å²) in [5.41, 5.74) is 0. The van der Waals surface area contributed by atoms with Crippen molar-refractivity contribution in [3.05, 3.63) is 0 Å². The van der Waals surface area contributed by atoms with Gasteiger partial charge in [0.1, 0.15) is 19.3 Å². The Bertz CT molecular complexity index is 1190. The molecule has 90 heavy (non-hydrogen) atoms. The number of methoxy groups -OCH3 is 2. The van der Waals surface area contributed by atoms with E-state index >= 15 is 0 Å². The van der Waals surface area contributed by atoms with Gasteiger partial charge in [0.25, 0.3) is 0 Å². The average Bonchev–Trinajstić information content (AvgIpc) is 3.62. The van der Waals surface area contributed by atoms with Crippen LogP contribution in [0, 0.1) is 0 Å². The second-order valence-electron chi connectivity index (χ2n) is 24.9. The van der Waals surface area contributed by atoms with Gasteiger partial charge in [0, 0.05) is 53.7 Å². The monoisotopic (exact) mass is 1290 g/mol. The molecule has 2 N–H and O–H groups in total. The van der Waals surface area contributed by atoms with Crippen LogP contribution in [-0.2, 0) is 47.4 Å². The first kappa shape index (κ1) is 94.6. The van der Waals surface area contributed by atoms with E-state index in [1.165, 1.54) is 283 Å². The van der Waals surface area contributed by atoms with Crippen molar-refractivity contribution >= 4 is 12.2 Å². The van der Waals surface area contributed by atoms with E-state index in [9.17, 15) is 9.59 Å². The number of amides is 2. The minimum Gasteiger partial charge on any atom is -0.447 e. The summed E-state index contributed by atoms with van der Waals surface area (Å²) in [7, 11) is 3.27. The highest BCUT2D eigenvalue weighted by Crippen LogP contribution is 2.17. The molecule has 0 spiro atoms. The highest BCUT2D eigenvalue weighted by molar-refractivity contribution is 5.67. The van der Waals surface area contributed by atoms with Crippen molar-refractivity contribution < 1.29 is 57.0 Å². The van der Waals surface area contributed by atoms with Gasteiger partial charge in [-0.3, -0.25) is 0 Å². The Labute approximate surface area is 560 Å². The lowest BCUT2D eigenvalue weighted by atomic mass is 10.1. The molecule has 544 valence electrons. The number of ether oxygens (including phenoxy) is 10. The van der Waals surface area contributed by atoms with Crippen molar-refractivity contribution in [2.45, 2.75) is 363 Å². The SMILES string of the molecule is C.C.CCCCCCCCCCCCCCOCC(CNC(=O)OCCOCCOC)OCCCCCCCCCCCCCC.CCCCCCCCCCCCCCOC[C@H](COC(=O)NCCOCCOC)OCCCCCCCCCCCCCC. The molecule has 0 saturated heterocycles. The zero-order valence-corrected chi connectivity index (χ0v) is 59.3. The molecule has 0 radical (unpaired) electrons. The van der Waals surface area contributed by atoms with Crippen LogP contribution < -0.4 is 10.6 Å². The summed E-state index contributed by atoms with van der Waals surface area (Å²) in [6.45, 7) is 17.0. The third-order valence-electron chi connectivity index (χ3n) is 16.3. The second kappa shape index (κ2) is 87.2. The fraction of sp³-hybridized carbons (Fsp3) is 0.974. The molecular formula is C76H158N2O12. The maximum atomic E-state index is 12.1. The number of carbonyl (C=O) groups is 2. The minimum atomic E-state index is -0.444. The van der Waals surface area contributed by atoms with Gasteiger partial charge in [-0.1, -0.05) is 325 Å². The third kappa shape index (κ3) is 84.2. The molecule has 14 heteroatoms. The number of unbranched alkanes of at least 4 members (excludes halogenated alkanes) is 44. The van der Waals surface area contributed by atoms with Gasteiger partial charge in [0.2, 0.25) is 0 Å². The zero-order valence-electron chi connectivity index (χ0n) is 59.3. The molecule has 0 heterocycles. The number of hydrogen-bond donors (Lipinski definition) is 2. The maximum Gasteiger partial charge on any atom is 0.407 e. The van der Waals surface area contributed by atoms with Crippen molar-refractivity contribution in [3.63, 3.8) is 0 Å². The van der Waals surface area contributed by atoms with Crippen LogP contribution in [-0.4, -0.2) is 144 Å². The Kier molecular flexibility index (Phi) is 91.7. The Hall–Kier alpha value is -1.78. The van der Waals surface area contributed by atoms with E-state index in [1.54, 1.807) is 14.2 Å². The van der Waals surface area contributed by atoms with Gasteiger partial charge in [-0.15, -0.1) is 0 Å². The first-order chi connectivity index (χ1) is 43.5. The van der Waals surface area contributed by atoms with Crippen LogP contribution >= 0.6 is 0 Å². The Morgan fingerprint density at radius 1 is 0.267 bits per heavy atom. The molecular weight excluding hydrogens is 1130 g/mol. The van der Waals surface area contributed by atoms with Crippen LogP contribution in [0.1, 0.15) is 351 Å². The van der Waals surface area contributed by atoms with Gasteiger partial charge >= 0.3 is 12.2 Å². The van der Waals surface area contributed by atoms with E-state index in [2.05, 4.69) is 38.3 Å². The van der Waals surface area contributed by atoms with Crippen LogP contribution in [0.25, 0.3) is 0 Å². The van der Waals surface area contributed by atoms with Gasteiger partial charge < -0.3 is 58.0 Å².